The number of rotatable bonds is 30. The molecule has 254 valence electrons. The number of aliphatic hydroxyl groups excluding tert-OH is 1. The number of aliphatic hydroxyl groups is 1. The van der Waals surface area contributed by atoms with Gasteiger partial charge in [0, 0.05) is 6.42 Å². The number of carbonyl (C=O) groups is 1. The molecular weight excluding hydrogens is 563 g/mol. The molecule has 2 N–H and O–H groups in total. The molecular formula is C34H67N2O6P. The average Bonchev–Trinajstić information content (AvgIpc) is 2.93. The standard InChI is InChI=1S/C34H67N2O6P/c1-6-8-10-11-12-13-14-15-16-17-18-19-20-21-22-23-24-26-28-34(38)35-32(33(37)27-25-9-7-2)31-42-43(39,40)41-30-29-36(3,4)5/h13-14,16-17,32-33,37H,6-12,15,18-31H2,1-5H3,(H-,35,38,39,40)/b14-13-,17-16-. The van der Waals surface area contributed by atoms with E-state index in [0.717, 1.165) is 51.4 Å². The van der Waals surface area contributed by atoms with Gasteiger partial charge in [0.15, 0.2) is 0 Å². The fourth-order valence-corrected chi connectivity index (χ4v) is 5.32. The van der Waals surface area contributed by atoms with Crippen LogP contribution < -0.4 is 10.2 Å². The third kappa shape index (κ3) is 29.5. The smallest absolute Gasteiger partial charge is 0.268 e. The summed E-state index contributed by atoms with van der Waals surface area (Å²) in [5, 5.41) is 13.5. The molecule has 0 rings (SSSR count). The lowest BCUT2D eigenvalue weighted by Gasteiger charge is -2.30. The number of amides is 1. The second-order valence-corrected chi connectivity index (χ2v) is 14.3. The van der Waals surface area contributed by atoms with Crippen molar-refractivity contribution in [1.29, 1.82) is 0 Å². The predicted molar refractivity (Wildman–Crippen MR) is 178 cm³/mol. The summed E-state index contributed by atoms with van der Waals surface area (Å²) in [7, 11) is 1.29. The summed E-state index contributed by atoms with van der Waals surface area (Å²) in [6.07, 6.45) is 28.2. The van der Waals surface area contributed by atoms with Gasteiger partial charge in [-0.2, -0.15) is 0 Å². The highest BCUT2D eigenvalue weighted by molar-refractivity contribution is 7.45. The maximum Gasteiger partial charge on any atom is 0.268 e. The van der Waals surface area contributed by atoms with E-state index in [0.29, 0.717) is 23.9 Å². The molecule has 0 aliphatic heterocycles. The first-order chi connectivity index (χ1) is 20.5. The molecule has 0 heterocycles. The quantitative estimate of drug-likeness (QED) is 0.0366. The fraction of sp³-hybridized carbons (Fsp3) is 0.853. The van der Waals surface area contributed by atoms with Gasteiger partial charge in [0.05, 0.1) is 39.9 Å². The Hall–Kier alpha value is -1.02. The van der Waals surface area contributed by atoms with Gasteiger partial charge in [-0.05, 0) is 44.9 Å². The van der Waals surface area contributed by atoms with Crippen LogP contribution in [0.25, 0.3) is 0 Å². The Morgan fingerprint density at radius 3 is 1.93 bits per heavy atom. The lowest BCUT2D eigenvalue weighted by molar-refractivity contribution is -0.870. The Kier molecular flexibility index (Phi) is 26.7. The number of nitrogens with one attached hydrogen (secondary N) is 1. The maximum absolute atomic E-state index is 12.6. The minimum atomic E-state index is -4.53. The number of nitrogens with zero attached hydrogens (tertiary/aromatic N) is 1. The van der Waals surface area contributed by atoms with E-state index in [1.54, 1.807) is 0 Å². The van der Waals surface area contributed by atoms with E-state index in [4.69, 9.17) is 9.05 Å². The van der Waals surface area contributed by atoms with Gasteiger partial charge >= 0.3 is 0 Å². The second-order valence-electron chi connectivity index (χ2n) is 12.9. The normalized spacial score (nSPS) is 15.2. The van der Waals surface area contributed by atoms with Crippen LogP contribution in [0.2, 0.25) is 0 Å². The van der Waals surface area contributed by atoms with Gasteiger partial charge in [-0.3, -0.25) is 9.36 Å². The number of unbranched alkanes of at least 4 members (excludes halogenated alkanes) is 13. The maximum atomic E-state index is 12.6. The monoisotopic (exact) mass is 630 g/mol. The average molecular weight is 631 g/mol. The van der Waals surface area contributed by atoms with Crippen LogP contribution in [0, 0.1) is 0 Å². The minimum Gasteiger partial charge on any atom is -0.756 e. The van der Waals surface area contributed by atoms with Crippen molar-refractivity contribution in [2.24, 2.45) is 0 Å². The van der Waals surface area contributed by atoms with E-state index in [1.807, 2.05) is 21.1 Å². The number of quaternary nitrogens is 1. The Balaban J connectivity index is 4.16. The molecule has 43 heavy (non-hydrogen) atoms. The zero-order valence-corrected chi connectivity index (χ0v) is 29.3. The largest absolute Gasteiger partial charge is 0.756 e. The van der Waals surface area contributed by atoms with Gasteiger partial charge < -0.3 is 28.8 Å². The molecule has 3 atom stereocenters. The highest BCUT2D eigenvalue weighted by Gasteiger charge is 2.24. The molecule has 8 nitrogen and oxygen atoms in total. The van der Waals surface area contributed by atoms with Crippen LogP contribution >= 0.6 is 7.82 Å². The first kappa shape index (κ1) is 42.0. The zero-order valence-electron chi connectivity index (χ0n) is 28.4. The SMILES string of the molecule is CCCCCC/C=C\C/C=C\CCCCCCCCCC(=O)NC(COP(=O)([O-])OCC[N+](C)(C)C)C(O)CCCCC. The van der Waals surface area contributed by atoms with Gasteiger partial charge in [-0.1, -0.05) is 109 Å². The fourth-order valence-electron chi connectivity index (χ4n) is 4.60. The van der Waals surface area contributed by atoms with Gasteiger partial charge in [0.25, 0.3) is 7.82 Å². The molecule has 0 aliphatic carbocycles. The summed E-state index contributed by atoms with van der Waals surface area (Å²) in [4.78, 5) is 24.8. The molecule has 0 radical (unpaired) electrons. The first-order valence-electron chi connectivity index (χ1n) is 17.2. The molecule has 0 bridgehead atoms. The van der Waals surface area contributed by atoms with Gasteiger partial charge in [0.2, 0.25) is 5.91 Å². The van der Waals surface area contributed by atoms with Crippen molar-refractivity contribution >= 4 is 13.7 Å². The van der Waals surface area contributed by atoms with Crippen molar-refractivity contribution < 1.29 is 32.9 Å². The molecule has 0 aromatic heterocycles. The summed E-state index contributed by atoms with van der Waals surface area (Å²) in [5.41, 5.74) is 0. The van der Waals surface area contributed by atoms with Gasteiger partial charge in [-0.15, -0.1) is 0 Å². The van der Waals surface area contributed by atoms with Crippen molar-refractivity contribution in [2.75, 3.05) is 40.9 Å². The van der Waals surface area contributed by atoms with E-state index in [9.17, 15) is 19.4 Å². The highest BCUT2D eigenvalue weighted by Crippen LogP contribution is 2.38. The molecule has 0 saturated heterocycles. The van der Waals surface area contributed by atoms with Crippen LogP contribution in [0.15, 0.2) is 24.3 Å². The molecule has 0 aliphatic rings. The van der Waals surface area contributed by atoms with E-state index in [-0.39, 0.29) is 19.1 Å². The topological polar surface area (TPSA) is 108 Å². The first-order valence-corrected chi connectivity index (χ1v) is 18.6. The van der Waals surface area contributed by atoms with Crippen LogP contribution in [-0.4, -0.2) is 68.5 Å². The Bertz CT molecular complexity index is 768. The number of allylic oxidation sites excluding steroid dienone is 4. The molecule has 0 saturated carbocycles. The second kappa shape index (κ2) is 27.3. The number of hydrogen-bond donors (Lipinski definition) is 2. The minimum absolute atomic E-state index is 0.00851. The molecule has 0 aromatic rings. The van der Waals surface area contributed by atoms with Crippen LogP contribution in [0.1, 0.15) is 136 Å². The Labute approximate surface area is 264 Å². The Morgan fingerprint density at radius 2 is 1.35 bits per heavy atom. The zero-order chi connectivity index (χ0) is 32.2. The third-order valence-electron chi connectivity index (χ3n) is 7.44. The number of phosphoric acid groups is 1. The van der Waals surface area contributed by atoms with E-state index in [2.05, 4.69) is 43.5 Å². The Morgan fingerprint density at radius 1 is 0.814 bits per heavy atom. The summed E-state index contributed by atoms with van der Waals surface area (Å²) < 4.78 is 22.8. The molecule has 0 spiro atoms. The lowest BCUT2D eigenvalue weighted by atomic mass is 10.0. The van der Waals surface area contributed by atoms with Crippen molar-refractivity contribution in [3.05, 3.63) is 24.3 Å². The summed E-state index contributed by atoms with van der Waals surface area (Å²) in [5.74, 6) is -0.187. The number of carbonyl (C=O) groups excluding carboxylic acids is 1. The molecule has 9 heteroatoms. The van der Waals surface area contributed by atoms with E-state index < -0.39 is 20.0 Å². The molecule has 3 unspecified atom stereocenters. The number of phosphoric ester groups is 1. The molecule has 0 fully saturated rings. The van der Waals surface area contributed by atoms with Crippen LogP contribution in [0.5, 0.6) is 0 Å². The van der Waals surface area contributed by atoms with Crippen LogP contribution in [0.3, 0.4) is 0 Å². The lowest BCUT2D eigenvalue weighted by Crippen LogP contribution is -2.46. The number of likely N-dealkylation sites (N-methyl/N-ethyl adjacent to an activating group) is 1. The van der Waals surface area contributed by atoms with Gasteiger partial charge in [-0.25, -0.2) is 0 Å². The van der Waals surface area contributed by atoms with Crippen molar-refractivity contribution in [3.8, 4) is 0 Å². The van der Waals surface area contributed by atoms with Gasteiger partial charge in [0.1, 0.15) is 13.2 Å². The summed E-state index contributed by atoms with van der Waals surface area (Å²) in [6.45, 7) is 4.49. The number of hydrogen-bond acceptors (Lipinski definition) is 6. The molecule has 1 amide bonds. The summed E-state index contributed by atoms with van der Waals surface area (Å²) >= 11 is 0. The summed E-state index contributed by atoms with van der Waals surface area (Å²) in [6, 6.07) is -0.797. The van der Waals surface area contributed by atoms with Crippen molar-refractivity contribution in [1.82, 2.24) is 5.32 Å². The van der Waals surface area contributed by atoms with E-state index >= 15 is 0 Å². The van der Waals surface area contributed by atoms with Crippen molar-refractivity contribution in [2.45, 2.75) is 148 Å². The van der Waals surface area contributed by atoms with Crippen molar-refractivity contribution in [3.63, 3.8) is 0 Å². The van der Waals surface area contributed by atoms with Crippen LogP contribution in [-0.2, 0) is 18.4 Å². The predicted octanol–water partition coefficient (Wildman–Crippen LogP) is 7.60. The molecule has 0 aromatic carbocycles. The third-order valence-corrected chi connectivity index (χ3v) is 8.41. The van der Waals surface area contributed by atoms with Crippen LogP contribution in [0.4, 0.5) is 0 Å². The highest BCUT2D eigenvalue weighted by atomic mass is 31.2. The van der Waals surface area contributed by atoms with E-state index in [1.165, 1.54) is 57.8 Å².